The number of hydrogen-bond donors (Lipinski definition) is 2. The second kappa shape index (κ2) is 9.49. The van der Waals surface area contributed by atoms with E-state index in [1.165, 1.54) is 6.07 Å². The van der Waals surface area contributed by atoms with Crippen molar-refractivity contribution < 1.29 is 22.7 Å². The van der Waals surface area contributed by atoms with E-state index in [1.807, 2.05) is 19.1 Å². The lowest BCUT2D eigenvalue weighted by atomic mass is 10.2. The molecule has 0 aromatic heterocycles. The minimum atomic E-state index is -3.95. The Kier molecular flexibility index (Phi) is 6.99. The Morgan fingerprint density at radius 1 is 1.20 bits per heavy atom. The van der Waals surface area contributed by atoms with Gasteiger partial charge in [-0.25, -0.2) is 13.2 Å². The number of esters is 1. The third-order valence-electron chi connectivity index (χ3n) is 4.70. The zero-order valence-corrected chi connectivity index (χ0v) is 18.3. The molecule has 2 aromatic carbocycles. The lowest BCUT2D eigenvalue weighted by Gasteiger charge is -2.17. The molecule has 0 spiro atoms. The number of benzene rings is 2. The molecule has 1 aliphatic heterocycles. The number of ether oxygens (including phenoxy) is 2. The number of aryl methyl sites for hydroxylation is 1. The zero-order valence-electron chi connectivity index (χ0n) is 17.5. The van der Waals surface area contributed by atoms with Gasteiger partial charge in [0.15, 0.2) is 0 Å². The number of carbonyl (C=O) groups is 1. The van der Waals surface area contributed by atoms with Crippen LogP contribution < -0.4 is 10.0 Å². The van der Waals surface area contributed by atoms with Gasteiger partial charge in [-0.2, -0.15) is 0 Å². The molecule has 0 amide bonds. The molecule has 0 unspecified atom stereocenters. The maximum absolute atomic E-state index is 13.2. The van der Waals surface area contributed by atoms with Crippen molar-refractivity contribution in [2.45, 2.75) is 50.7 Å². The predicted molar refractivity (Wildman–Crippen MR) is 116 cm³/mol. The van der Waals surface area contributed by atoms with E-state index in [1.54, 1.807) is 38.1 Å². The first kappa shape index (κ1) is 22.1. The molecule has 1 saturated heterocycles. The highest BCUT2D eigenvalue weighted by atomic mass is 32.2. The summed E-state index contributed by atoms with van der Waals surface area (Å²) >= 11 is 0. The average molecular weight is 433 g/mol. The normalized spacial score (nSPS) is 16.5. The summed E-state index contributed by atoms with van der Waals surface area (Å²) in [5, 5.41) is 3.17. The molecule has 1 heterocycles. The van der Waals surface area contributed by atoms with E-state index in [9.17, 15) is 13.2 Å². The number of rotatable bonds is 8. The van der Waals surface area contributed by atoms with E-state index in [4.69, 9.17) is 9.47 Å². The smallest absolute Gasteiger partial charge is 0.338 e. The van der Waals surface area contributed by atoms with Crippen molar-refractivity contribution in [1.82, 2.24) is 0 Å². The molecular formula is C22H28N2O5S. The summed E-state index contributed by atoms with van der Waals surface area (Å²) in [4.78, 5) is 12.3. The number of sulfonamides is 1. The van der Waals surface area contributed by atoms with Gasteiger partial charge in [0.05, 0.1) is 23.5 Å². The van der Waals surface area contributed by atoms with Crippen molar-refractivity contribution in [3.8, 4) is 0 Å². The number of nitrogens with one attached hydrogen (secondary N) is 2. The molecule has 0 bridgehead atoms. The third kappa shape index (κ3) is 5.73. The van der Waals surface area contributed by atoms with Crippen molar-refractivity contribution >= 4 is 27.4 Å². The Hall–Kier alpha value is -2.58. The van der Waals surface area contributed by atoms with Crippen LogP contribution in [0.5, 0.6) is 0 Å². The van der Waals surface area contributed by atoms with E-state index >= 15 is 0 Å². The maximum atomic E-state index is 13.2. The van der Waals surface area contributed by atoms with Crippen molar-refractivity contribution in [3.63, 3.8) is 0 Å². The van der Waals surface area contributed by atoms with Gasteiger partial charge in [-0.05, 0) is 63.9 Å². The minimum Gasteiger partial charge on any atom is -0.459 e. The second-order valence-corrected chi connectivity index (χ2v) is 9.30. The SMILES string of the molecule is Cc1ccc(NS(=O)(=O)c2cc(C(=O)OC(C)C)ccc2NC[C@H]2CCCO2)cc1. The highest BCUT2D eigenvalue weighted by molar-refractivity contribution is 7.92. The standard InChI is InChI=1S/C22H28N2O5S/c1-15(2)29-22(25)17-8-11-20(23-14-19-5-4-12-28-19)21(13-17)30(26,27)24-18-9-6-16(3)7-10-18/h6-11,13,15,19,23-24H,4-5,12,14H2,1-3H3/t19-/m1/s1. The second-order valence-electron chi connectivity index (χ2n) is 7.65. The Bertz CT molecular complexity index is 981. The summed E-state index contributed by atoms with van der Waals surface area (Å²) in [6.45, 7) is 6.61. The van der Waals surface area contributed by atoms with Crippen molar-refractivity contribution in [1.29, 1.82) is 0 Å². The molecular weight excluding hydrogens is 404 g/mol. The van der Waals surface area contributed by atoms with Gasteiger partial charge >= 0.3 is 5.97 Å². The number of anilines is 2. The molecule has 30 heavy (non-hydrogen) atoms. The fourth-order valence-corrected chi connectivity index (χ4v) is 4.43. The topological polar surface area (TPSA) is 93.7 Å². The Morgan fingerprint density at radius 3 is 2.57 bits per heavy atom. The van der Waals surface area contributed by atoms with Gasteiger partial charge in [0.25, 0.3) is 10.0 Å². The molecule has 1 fully saturated rings. The van der Waals surface area contributed by atoms with Gasteiger partial charge in [-0.15, -0.1) is 0 Å². The molecule has 1 aliphatic rings. The van der Waals surface area contributed by atoms with Crippen LogP contribution in [0.4, 0.5) is 11.4 Å². The predicted octanol–water partition coefficient (Wildman–Crippen LogP) is 3.95. The van der Waals surface area contributed by atoms with Gasteiger partial charge in [-0.1, -0.05) is 17.7 Å². The zero-order chi connectivity index (χ0) is 21.7. The Balaban J connectivity index is 1.91. The van der Waals surface area contributed by atoms with Gasteiger partial charge in [0, 0.05) is 18.8 Å². The first-order valence-electron chi connectivity index (χ1n) is 10.0. The lowest BCUT2D eigenvalue weighted by Crippen LogP contribution is -2.22. The van der Waals surface area contributed by atoms with Crippen LogP contribution in [0, 0.1) is 6.92 Å². The third-order valence-corrected chi connectivity index (χ3v) is 6.12. The average Bonchev–Trinajstić information content (AvgIpc) is 3.21. The van der Waals surface area contributed by atoms with E-state index in [0.717, 1.165) is 18.4 Å². The Morgan fingerprint density at radius 2 is 1.93 bits per heavy atom. The van der Waals surface area contributed by atoms with Crippen LogP contribution in [0.3, 0.4) is 0 Å². The molecule has 2 aromatic rings. The van der Waals surface area contributed by atoms with E-state index in [2.05, 4.69) is 10.0 Å². The molecule has 0 saturated carbocycles. The van der Waals surface area contributed by atoms with Crippen LogP contribution in [-0.2, 0) is 19.5 Å². The van der Waals surface area contributed by atoms with Gasteiger partial charge < -0.3 is 14.8 Å². The molecule has 162 valence electrons. The van der Waals surface area contributed by atoms with Crippen LogP contribution in [0.2, 0.25) is 0 Å². The van der Waals surface area contributed by atoms with Crippen LogP contribution in [-0.4, -0.2) is 39.7 Å². The summed E-state index contributed by atoms with van der Waals surface area (Å²) < 4.78 is 39.8. The monoisotopic (exact) mass is 432 g/mol. The molecule has 0 radical (unpaired) electrons. The first-order valence-corrected chi connectivity index (χ1v) is 11.5. The van der Waals surface area contributed by atoms with Crippen molar-refractivity contribution in [2.24, 2.45) is 0 Å². The van der Waals surface area contributed by atoms with Crippen molar-refractivity contribution in [2.75, 3.05) is 23.2 Å². The van der Waals surface area contributed by atoms with Gasteiger partial charge in [0.2, 0.25) is 0 Å². The van der Waals surface area contributed by atoms with Gasteiger partial charge in [-0.3, -0.25) is 4.72 Å². The molecule has 2 N–H and O–H groups in total. The van der Waals surface area contributed by atoms with Crippen LogP contribution >= 0.6 is 0 Å². The van der Waals surface area contributed by atoms with Crippen LogP contribution in [0.15, 0.2) is 47.4 Å². The largest absolute Gasteiger partial charge is 0.459 e. The molecule has 0 aliphatic carbocycles. The quantitative estimate of drug-likeness (QED) is 0.614. The molecule has 8 heteroatoms. The van der Waals surface area contributed by atoms with E-state index in [-0.39, 0.29) is 22.7 Å². The summed E-state index contributed by atoms with van der Waals surface area (Å²) in [7, 11) is -3.95. The van der Waals surface area contributed by atoms with E-state index in [0.29, 0.717) is 24.5 Å². The molecule has 1 atom stereocenters. The summed E-state index contributed by atoms with van der Waals surface area (Å²) in [5.41, 5.74) is 2.05. The van der Waals surface area contributed by atoms with Gasteiger partial charge in [0.1, 0.15) is 4.90 Å². The Labute approximate surface area is 177 Å². The lowest BCUT2D eigenvalue weighted by molar-refractivity contribution is 0.0377. The fourth-order valence-electron chi connectivity index (χ4n) is 3.16. The highest BCUT2D eigenvalue weighted by Gasteiger charge is 2.23. The first-order chi connectivity index (χ1) is 14.2. The van der Waals surface area contributed by atoms with E-state index < -0.39 is 16.0 Å². The number of carbonyl (C=O) groups excluding carboxylic acids is 1. The number of hydrogen-bond acceptors (Lipinski definition) is 6. The molecule has 3 rings (SSSR count). The summed E-state index contributed by atoms with van der Waals surface area (Å²) in [5.74, 6) is -0.567. The van der Waals surface area contributed by atoms with Crippen LogP contribution in [0.1, 0.15) is 42.6 Å². The highest BCUT2D eigenvalue weighted by Crippen LogP contribution is 2.27. The minimum absolute atomic E-state index is 0.0146. The molecule has 7 nitrogen and oxygen atoms in total. The van der Waals surface area contributed by atoms with Crippen molar-refractivity contribution in [3.05, 3.63) is 53.6 Å². The summed E-state index contributed by atoms with van der Waals surface area (Å²) in [6.07, 6.45) is 1.65. The maximum Gasteiger partial charge on any atom is 0.338 e. The van der Waals surface area contributed by atoms with Crippen LogP contribution in [0.25, 0.3) is 0 Å². The summed E-state index contributed by atoms with van der Waals surface area (Å²) in [6, 6.07) is 11.5. The fraction of sp³-hybridized carbons (Fsp3) is 0.409.